The van der Waals surface area contributed by atoms with E-state index in [4.69, 9.17) is 0 Å². The Balaban J connectivity index is 2.00. The molecule has 0 aliphatic carbocycles. The van der Waals surface area contributed by atoms with Gasteiger partial charge in [0.1, 0.15) is 0 Å². The fourth-order valence-corrected chi connectivity index (χ4v) is 1.41. The number of hydrogen-bond donors (Lipinski definition) is 1. The van der Waals surface area contributed by atoms with E-state index < -0.39 is 11.4 Å². The van der Waals surface area contributed by atoms with Crippen LogP contribution in [0.4, 0.5) is 0 Å². The second-order valence-corrected chi connectivity index (χ2v) is 3.69. The van der Waals surface area contributed by atoms with Gasteiger partial charge in [0.05, 0.1) is 18.0 Å². The molecule has 0 radical (unpaired) electrons. The first-order valence-corrected chi connectivity index (χ1v) is 5.76. The van der Waals surface area contributed by atoms with Gasteiger partial charge in [-0.2, -0.15) is 0 Å². The largest absolute Gasteiger partial charge is 0.750 e. The van der Waals surface area contributed by atoms with Crippen LogP contribution < -0.4 is 5.32 Å². The molecule has 0 saturated heterocycles. The van der Waals surface area contributed by atoms with Crippen molar-refractivity contribution < 1.29 is 12.9 Å². The lowest BCUT2D eigenvalue weighted by atomic mass is 10.2. The molecule has 1 aromatic rings. The van der Waals surface area contributed by atoms with Crippen molar-refractivity contribution in [1.82, 2.24) is 5.32 Å². The summed E-state index contributed by atoms with van der Waals surface area (Å²) < 4.78 is 24.4. The van der Waals surface area contributed by atoms with Crippen molar-refractivity contribution in [1.29, 1.82) is 0 Å². The highest BCUT2D eigenvalue weighted by molar-refractivity contribution is 7.74. The van der Waals surface area contributed by atoms with Crippen LogP contribution in [0.1, 0.15) is 12.0 Å². The molecular weight excluding hydrogens is 214 g/mol. The number of rotatable bonds is 7. The zero-order valence-electron chi connectivity index (χ0n) is 8.35. The predicted octanol–water partition coefficient (Wildman–Crippen LogP) is 0.977. The molecule has 0 aliphatic rings. The summed E-state index contributed by atoms with van der Waals surface area (Å²) in [6.07, 6.45) is 0.681. The molecular formula is C10H14NO3S-. The van der Waals surface area contributed by atoms with Gasteiger partial charge in [0.15, 0.2) is 0 Å². The second-order valence-electron chi connectivity index (χ2n) is 3.04. The monoisotopic (exact) mass is 228 g/mol. The number of nitrogens with one attached hydrogen (secondary N) is 1. The first kappa shape index (κ1) is 12.3. The molecule has 84 valence electrons. The normalized spacial score (nSPS) is 12.6. The van der Waals surface area contributed by atoms with E-state index in [1.807, 2.05) is 30.3 Å². The zero-order valence-corrected chi connectivity index (χ0v) is 9.16. The summed E-state index contributed by atoms with van der Waals surface area (Å²) in [4.78, 5) is 0. The minimum atomic E-state index is -2.38. The van der Waals surface area contributed by atoms with E-state index in [0.29, 0.717) is 6.42 Å². The van der Waals surface area contributed by atoms with Gasteiger partial charge >= 0.3 is 0 Å². The fraction of sp³-hybridized carbons (Fsp3) is 0.400. The molecule has 0 heterocycles. The van der Waals surface area contributed by atoms with Crippen LogP contribution in [-0.4, -0.2) is 21.9 Å². The maximum atomic E-state index is 10.0. The van der Waals surface area contributed by atoms with Crippen molar-refractivity contribution in [2.45, 2.75) is 13.0 Å². The molecule has 1 aromatic carbocycles. The van der Waals surface area contributed by atoms with Crippen molar-refractivity contribution in [3.8, 4) is 0 Å². The minimum Gasteiger partial charge on any atom is -0.750 e. The summed E-state index contributed by atoms with van der Waals surface area (Å²) in [5.74, 6) is 0. The van der Waals surface area contributed by atoms with Crippen LogP contribution in [0.15, 0.2) is 30.3 Å². The number of hydrogen-bond acceptors (Lipinski definition) is 4. The summed E-state index contributed by atoms with van der Waals surface area (Å²) in [7, 11) is 0. The lowest BCUT2D eigenvalue weighted by molar-refractivity contribution is 0.293. The van der Waals surface area contributed by atoms with Crippen molar-refractivity contribution in [2.24, 2.45) is 0 Å². The average Bonchev–Trinajstić information content (AvgIpc) is 2.24. The molecule has 4 nitrogen and oxygen atoms in total. The van der Waals surface area contributed by atoms with Gasteiger partial charge in [-0.05, 0) is 18.5 Å². The van der Waals surface area contributed by atoms with Gasteiger partial charge in [0.25, 0.3) is 0 Å². The van der Waals surface area contributed by atoms with Gasteiger partial charge in [0, 0.05) is 6.54 Å². The molecule has 0 spiro atoms. The van der Waals surface area contributed by atoms with E-state index in [1.165, 1.54) is 5.56 Å². The maximum Gasteiger partial charge on any atom is 0.0842 e. The fourth-order valence-electron chi connectivity index (χ4n) is 1.15. The molecule has 1 rings (SSSR count). The molecule has 1 atom stereocenters. The first-order valence-electron chi connectivity index (χ1n) is 4.76. The van der Waals surface area contributed by atoms with Gasteiger partial charge < -0.3 is 14.1 Å². The average molecular weight is 228 g/mol. The predicted molar refractivity (Wildman–Crippen MR) is 57.6 cm³/mol. The molecule has 0 aromatic heterocycles. The molecule has 1 N–H and O–H groups in total. The lowest BCUT2D eigenvalue weighted by Gasteiger charge is -2.06. The topological polar surface area (TPSA) is 61.4 Å². The molecule has 5 heteroatoms. The van der Waals surface area contributed by atoms with Gasteiger partial charge in [-0.25, -0.2) is 4.21 Å². The summed E-state index contributed by atoms with van der Waals surface area (Å²) in [5, 5.41) is 3.19. The van der Waals surface area contributed by atoms with Gasteiger partial charge in [0.2, 0.25) is 0 Å². The third-order valence-electron chi connectivity index (χ3n) is 1.85. The minimum absolute atomic E-state index is 0.234. The SMILES string of the molecule is O=S([O-])OCCCNCc1ccccc1. The maximum absolute atomic E-state index is 10.0. The lowest BCUT2D eigenvalue weighted by Crippen LogP contribution is -2.16. The molecule has 0 fully saturated rings. The highest BCUT2D eigenvalue weighted by Crippen LogP contribution is 1.96. The Labute approximate surface area is 92.1 Å². The van der Waals surface area contributed by atoms with E-state index in [-0.39, 0.29) is 6.61 Å². The number of benzene rings is 1. The van der Waals surface area contributed by atoms with E-state index in [1.54, 1.807) is 0 Å². The Hall–Kier alpha value is -0.750. The van der Waals surface area contributed by atoms with E-state index in [0.717, 1.165) is 13.1 Å². The van der Waals surface area contributed by atoms with Crippen LogP contribution in [0.3, 0.4) is 0 Å². The second kappa shape index (κ2) is 7.53. The van der Waals surface area contributed by atoms with E-state index in [2.05, 4.69) is 9.50 Å². The third kappa shape index (κ3) is 6.35. The standard InChI is InChI=1S/C10H15NO3S/c12-15(13)14-8-4-7-11-9-10-5-2-1-3-6-10/h1-3,5-6,11H,4,7-9H2,(H,12,13)/p-1. The third-order valence-corrected chi connectivity index (χ3v) is 2.21. The van der Waals surface area contributed by atoms with E-state index in [9.17, 15) is 8.76 Å². The van der Waals surface area contributed by atoms with Gasteiger partial charge in [-0.15, -0.1) is 0 Å². The highest BCUT2D eigenvalue weighted by Gasteiger charge is 1.91. The molecule has 0 aliphatic heterocycles. The van der Waals surface area contributed by atoms with Crippen LogP contribution in [-0.2, 0) is 22.1 Å². The molecule has 15 heavy (non-hydrogen) atoms. The van der Waals surface area contributed by atoms with Crippen LogP contribution >= 0.6 is 0 Å². The Morgan fingerprint density at radius 3 is 2.73 bits per heavy atom. The van der Waals surface area contributed by atoms with Crippen LogP contribution in [0.2, 0.25) is 0 Å². The Morgan fingerprint density at radius 2 is 2.07 bits per heavy atom. The van der Waals surface area contributed by atoms with Gasteiger partial charge in [-0.1, -0.05) is 30.3 Å². The Bertz CT molecular complexity index is 292. The van der Waals surface area contributed by atoms with Crippen molar-refractivity contribution in [3.63, 3.8) is 0 Å². The van der Waals surface area contributed by atoms with Crippen molar-refractivity contribution in [2.75, 3.05) is 13.2 Å². The van der Waals surface area contributed by atoms with Crippen molar-refractivity contribution >= 4 is 11.4 Å². The molecule has 0 amide bonds. The van der Waals surface area contributed by atoms with Crippen LogP contribution in [0.5, 0.6) is 0 Å². The highest BCUT2D eigenvalue weighted by atomic mass is 32.2. The van der Waals surface area contributed by atoms with Crippen molar-refractivity contribution in [3.05, 3.63) is 35.9 Å². The quantitative estimate of drug-likeness (QED) is 0.558. The molecule has 0 bridgehead atoms. The summed E-state index contributed by atoms with van der Waals surface area (Å²) in [6.45, 7) is 1.77. The van der Waals surface area contributed by atoms with Crippen LogP contribution in [0, 0.1) is 0 Å². The summed E-state index contributed by atoms with van der Waals surface area (Å²) in [6, 6.07) is 10.0. The van der Waals surface area contributed by atoms with Crippen LogP contribution in [0.25, 0.3) is 0 Å². The van der Waals surface area contributed by atoms with E-state index >= 15 is 0 Å². The Morgan fingerprint density at radius 1 is 1.33 bits per heavy atom. The Kier molecular flexibility index (Phi) is 6.18. The summed E-state index contributed by atoms with van der Waals surface area (Å²) >= 11 is -2.38. The zero-order chi connectivity index (χ0) is 10.9. The van der Waals surface area contributed by atoms with Gasteiger partial charge in [-0.3, -0.25) is 0 Å². The summed E-state index contributed by atoms with van der Waals surface area (Å²) in [5.41, 5.74) is 1.21. The first-order chi connectivity index (χ1) is 7.29. The molecule has 1 unspecified atom stereocenters. The smallest absolute Gasteiger partial charge is 0.0842 e. The molecule has 0 saturated carbocycles.